The van der Waals surface area contributed by atoms with Crippen molar-refractivity contribution in [2.75, 3.05) is 20.3 Å². The van der Waals surface area contributed by atoms with Crippen molar-refractivity contribution in [3.8, 4) is 0 Å². The van der Waals surface area contributed by atoms with E-state index in [0.29, 0.717) is 17.7 Å². The predicted molar refractivity (Wildman–Crippen MR) is 76.7 cm³/mol. The molecule has 0 aliphatic carbocycles. The highest BCUT2D eigenvalue weighted by atomic mass is 79.9. The molecule has 0 spiro atoms. The molecule has 0 radical (unpaired) electrons. The number of ether oxygens (including phenoxy) is 1. The minimum atomic E-state index is -0.532. The highest BCUT2D eigenvalue weighted by Gasteiger charge is 2.28. The molecule has 6 nitrogen and oxygen atoms in total. The van der Waals surface area contributed by atoms with Crippen molar-refractivity contribution < 1.29 is 14.5 Å². The number of hydrogen-bond donors (Lipinski definition) is 0. The Morgan fingerprint density at radius 1 is 1.45 bits per heavy atom. The van der Waals surface area contributed by atoms with Gasteiger partial charge >= 0.3 is 0 Å². The normalized spacial score (nSPS) is 15.9. The Balaban J connectivity index is 2.26. The lowest BCUT2D eigenvalue weighted by molar-refractivity contribution is -0.385. The van der Waals surface area contributed by atoms with Gasteiger partial charge in [-0.25, -0.2) is 0 Å². The van der Waals surface area contributed by atoms with Gasteiger partial charge in [0.05, 0.1) is 4.92 Å². The fourth-order valence-corrected chi connectivity index (χ4v) is 2.61. The first-order valence-corrected chi connectivity index (χ1v) is 7.09. The van der Waals surface area contributed by atoms with E-state index < -0.39 is 4.92 Å². The molecule has 1 saturated heterocycles. The Morgan fingerprint density at radius 2 is 2.10 bits per heavy atom. The van der Waals surface area contributed by atoms with Gasteiger partial charge in [0.2, 0.25) is 0 Å². The highest BCUT2D eigenvalue weighted by Crippen LogP contribution is 2.26. The molecule has 1 aliphatic heterocycles. The van der Waals surface area contributed by atoms with Crippen LogP contribution in [0, 0.1) is 10.1 Å². The first-order chi connectivity index (χ1) is 9.50. The third kappa shape index (κ3) is 3.16. The lowest BCUT2D eigenvalue weighted by atomic mass is 10.1. The van der Waals surface area contributed by atoms with E-state index in [4.69, 9.17) is 4.74 Å². The number of rotatable bonds is 3. The Kier molecular flexibility index (Phi) is 4.72. The molecule has 2 rings (SSSR count). The summed E-state index contributed by atoms with van der Waals surface area (Å²) in [5.41, 5.74) is -0.0597. The summed E-state index contributed by atoms with van der Waals surface area (Å²) in [5.74, 6) is -0.323. The van der Waals surface area contributed by atoms with E-state index in [1.807, 2.05) is 0 Å². The van der Waals surface area contributed by atoms with Crippen molar-refractivity contribution in [1.29, 1.82) is 0 Å². The zero-order valence-electron chi connectivity index (χ0n) is 11.0. The van der Waals surface area contributed by atoms with Crippen molar-refractivity contribution >= 4 is 27.5 Å². The third-order valence-electron chi connectivity index (χ3n) is 3.45. The Labute approximate surface area is 125 Å². The summed E-state index contributed by atoms with van der Waals surface area (Å²) in [6.45, 7) is 1.23. The van der Waals surface area contributed by atoms with Crippen LogP contribution in [0.1, 0.15) is 23.2 Å². The van der Waals surface area contributed by atoms with Gasteiger partial charge in [-0.05, 0) is 25.0 Å². The van der Waals surface area contributed by atoms with Crippen LogP contribution < -0.4 is 0 Å². The van der Waals surface area contributed by atoms with Crippen LogP contribution in [0.25, 0.3) is 0 Å². The van der Waals surface area contributed by atoms with Gasteiger partial charge in [0.25, 0.3) is 11.6 Å². The standard InChI is InChI=1S/C13H15BrN2O4/c1-15(10-4-6-20-7-5-10)13(17)11-3-2-9(14)8-12(11)16(18)19/h2-3,8,10H,4-7H2,1H3. The maximum atomic E-state index is 12.4. The smallest absolute Gasteiger partial charge is 0.283 e. The molecule has 7 heteroatoms. The molecule has 1 aromatic rings. The van der Waals surface area contributed by atoms with Gasteiger partial charge in [-0.3, -0.25) is 14.9 Å². The van der Waals surface area contributed by atoms with Crippen LogP contribution in [-0.2, 0) is 4.74 Å². The molecule has 1 aromatic carbocycles. The summed E-state index contributed by atoms with van der Waals surface area (Å²) in [5, 5.41) is 11.1. The van der Waals surface area contributed by atoms with Crippen molar-refractivity contribution in [3.63, 3.8) is 0 Å². The molecule has 0 aromatic heterocycles. The van der Waals surface area contributed by atoms with E-state index in [-0.39, 0.29) is 23.2 Å². The van der Waals surface area contributed by atoms with E-state index in [9.17, 15) is 14.9 Å². The summed E-state index contributed by atoms with van der Waals surface area (Å²) in [6.07, 6.45) is 1.51. The molecule has 1 amide bonds. The summed E-state index contributed by atoms with van der Waals surface area (Å²) in [6, 6.07) is 4.54. The predicted octanol–water partition coefficient (Wildman–Crippen LogP) is 2.61. The molecule has 0 N–H and O–H groups in total. The van der Waals surface area contributed by atoms with Crippen LogP contribution in [0.2, 0.25) is 0 Å². The first-order valence-electron chi connectivity index (χ1n) is 6.29. The minimum absolute atomic E-state index is 0.0690. The fraction of sp³-hybridized carbons (Fsp3) is 0.462. The lowest BCUT2D eigenvalue weighted by Gasteiger charge is -2.31. The van der Waals surface area contributed by atoms with Gasteiger partial charge in [0, 0.05) is 36.8 Å². The van der Waals surface area contributed by atoms with Crippen molar-refractivity contribution in [2.45, 2.75) is 18.9 Å². The summed E-state index contributed by atoms with van der Waals surface area (Å²) in [4.78, 5) is 24.6. The summed E-state index contributed by atoms with van der Waals surface area (Å²) >= 11 is 3.18. The van der Waals surface area contributed by atoms with Gasteiger partial charge < -0.3 is 9.64 Å². The third-order valence-corrected chi connectivity index (χ3v) is 3.94. The number of nitrogens with zero attached hydrogens (tertiary/aromatic N) is 2. The molecule has 1 fully saturated rings. The van der Waals surface area contributed by atoms with Crippen LogP contribution in [0.15, 0.2) is 22.7 Å². The number of benzene rings is 1. The van der Waals surface area contributed by atoms with Gasteiger partial charge in [0.1, 0.15) is 5.56 Å². The van der Waals surface area contributed by atoms with Crippen molar-refractivity contribution in [2.24, 2.45) is 0 Å². The number of amides is 1. The van der Waals surface area contributed by atoms with E-state index in [0.717, 1.165) is 12.8 Å². The fourth-order valence-electron chi connectivity index (χ4n) is 2.26. The van der Waals surface area contributed by atoms with E-state index in [2.05, 4.69) is 15.9 Å². The molecular weight excluding hydrogens is 328 g/mol. The van der Waals surface area contributed by atoms with Crippen molar-refractivity contribution in [3.05, 3.63) is 38.3 Å². The average molecular weight is 343 g/mol. The second kappa shape index (κ2) is 6.32. The molecule has 1 aliphatic rings. The van der Waals surface area contributed by atoms with Crippen LogP contribution in [0.5, 0.6) is 0 Å². The molecular formula is C13H15BrN2O4. The van der Waals surface area contributed by atoms with Crippen LogP contribution >= 0.6 is 15.9 Å². The number of nitro groups is 1. The number of nitro benzene ring substituents is 1. The molecule has 0 atom stereocenters. The lowest BCUT2D eigenvalue weighted by Crippen LogP contribution is -2.40. The molecule has 1 heterocycles. The topological polar surface area (TPSA) is 72.7 Å². The number of halogens is 1. The summed E-state index contributed by atoms with van der Waals surface area (Å²) in [7, 11) is 1.68. The number of hydrogen-bond acceptors (Lipinski definition) is 4. The van der Waals surface area contributed by atoms with E-state index in [1.165, 1.54) is 12.1 Å². The molecule has 0 bridgehead atoms. The highest BCUT2D eigenvalue weighted by molar-refractivity contribution is 9.10. The summed E-state index contributed by atoms with van der Waals surface area (Å²) < 4.78 is 5.84. The second-order valence-corrected chi connectivity index (χ2v) is 5.59. The van der Waals surface area contributed by atoms with E-state index in [1.54, 1.807) is 18.0 Å². The molecule has 20 heavy (non-hydrogen) atoms. The Morgan fingerprint density at radius 3 is 2.70 bits per heavy atom. The van der Waals surface area contributed by atoms with Gasteiger partial charge in [-0.2, -0.15) is 0 Å². The monoisotopic (exact) mass is 342 g/mol. The molecule has 108 valence electrons. The van der Waals surface area contributed by atoms with Crippen molar-refractivity contribution in [1.82, 2.24) is 4.90 Å². The van der Waals surface area contributed by atoms with Crippen LogP contribution in [-0.4, -0.2) is 42.0 Å². The second-order valence-electron chi connectivity index (χ2n) is 4.68. The Bertz CT molecular complexity index is 529. The first kappa shape index (κ1) is 14.9. The maximum Gasteiger partial charge on any atom is 0.283 e. The maximum absolute atomic E-state index is 12.4. The zero-order valence-corrected chi connectivity index (χ0v) is 12.6. The molecule has 0 saturated carbocycles. The quantitative estimate of drug-likeness (QED) is 0.625. The minimum Gasteiger partial charge on any atom is -0.381 e. The average Bonchev–Trinajstić information content (AvgIpc) is 2.46. The SMILES string of the molecule is CN(C(=O)c1ccc(Br)cc1[N+](=O)[O-])C1CCOCC1. The van der Waals surface area contributed by atoms with Crippen LogP contribution in [0.3, 0.4) is 0 Å². The Hall–Kier alpha value is -1.47. The number of carbonyl (C=O) groups is 1. The van der Waals surface area contributed by atoms with E-state index >= 15 is 0 Å². The van der Waals surface area contributed by atoms with Gasteiger partial charge in [-0.15, -0.1) is 0 Å². The van der Waals surface area contributed by atoms with Gasteiger partial charge in [-0.1, -0.05) is 15.9 Å². The largest absolute Gasteiger partial charge is 0.381 e. The van der Waals surface area contributed by atoms with Gasteiger partial charge in [0.15, 0.2) is 0 Å². The number of carbonyl (C=O) groups excluding carboxylic acids is 1. The molecule has 0 unspecified atom stereocenters. The van der Waals surface area contributed by atoms with Crippen LogP contribution in [0.4, 0.5) is 5.69 Å². The zero-order chi connectivity index (χ0) is 14.7.